The molecule has 1 aromatic heterocycles. The Morgan fingerprint density at radius 2 is 1.86 bits per heavy atom. The van der Waals surface area contributed by atoms with E-state index in [4.69, 9.17) is 16.6 Å². The van der Waals surface area contributed by atoms with Gasteiger partial charge in [0, 0.05) is 29.7 Å². The van der Waals surface area contributed by atoms with Crippen LogP contribution in [-0.2, 0) is 19.4 Å². The predicted molar refractivity (Wildman–Crippen MR) is 118 cm³/mol. The number of aromatic nitrogens is 1. The highest BCUT2D eigenvalue weighted by atomic mass is 35.5. The smallest absolute Gasteiger partial charge is 0.251 e. The lowest BCUT2D eigenvalue weighted by Crippen LogP contribution is -2.27. The molecule has 0 saturated heterocycles. The molecular formula is C24H26ClN3O. The normalized spacial score (nSPS) is 13.3. The molecular weight excluding hydrogens is 382 g/mol. The molecule has 0 unspecified atom stereocenters. The van der Waals surface area contributed by atoms with Gasteiger partial charge in [-0.1, -0.05) is 41.9 Å². The van der Waals surface area contributed by atoms with Crippen LogP contribution in [0.5, 0.6) is 0 Å². The van der Waals surface area contributed by atoms with Crippen molar-refractivity contribution in [1.29, 1.82) is 0 Å². The average Bonchev–Trinajstić information content (AvgIpc) is 2.77. The summed E-state index contributed by atoms with van der Waals surface area (Å²) in [6, 6.07) is 15.9. The first-order chi connectivity index (χ1) is 14.2. The van der Waals surface area contributed by atoms with Gasteiger partial charge >= 0.3 is 0 Å². The molecule has 0 fully saturated rings. The monoisotopic (exact) mass is 407 g/mol. The molecule has 0 atom stereocenters. The van der Waals surface area contributed by atoms with Crippen LogP contribution in [0.3, 0.4) is 0 Å². The van der Waals surface area contributed by atoms with E-state index >= 15 is 0 Å². The summed E-state index contributed by atoms with van der Waals surface area (Å²) in [5.74, 6) is -0.0660. The Bertz CT molecular complexity index is 1000. The maximum Gasteiger partial charge on any atom is 0.251 e. The second-order valence-electron chi connectivity index (χ2n) is 7.56. The number of pyridine rings is 1. The largest absolute Gasteiger partial charge is 0.352 e. The van der Waals surface area contributed by atoms with Crippen LogP contribution in [0, 0.1) is 0 Å². The SMILES string of the molecule is O=C(NCCCNCc1ccccc1)c1ccc2nc3c(c(Cl)c2c1)CCCC3. The zero-order valence-electron chi connectivity index (χ0n) is 16.5. The van der Waals surface area contributed by atoms with Gasteiger partial charge in [0.15, 0.2) is 0 Å². The summed E-state index contributed by atoms with van der Waals surface area (Å²) in [6.07, 6.45) is 5.16. The van der Waals surface area contributed by atoms with E-state index in [0.717, 1.165) is 66.0 Å². The summed E-state index contributed by atoms with van der Waals surface area (Å²) in [5, 5.41) is 8.05. The third kappa shape index (κ3) is 4.77. The fourth-order valence-corrected chi connectivity index (χ4v) is 4.21. The maximum absolute atomic E-state index is 12.5. The highest BCUT2D eigenvalue weighted by molar-refractivity contribution is 6.36. The first-order valence-electron chi connectivity index (χ1n) is 10.4. The predicted octanol–water partition coefficient (Wildman–Crippen LogP) is 4.68. The standard InChI is InChI=1S/C24H26ClN3O/c25-23-19-9-4-5-10-21(19)28-22-12-11-18(15-20(22)23)24(29)27-14-6-13-26-16-17-7-2-1-3-8-17/h1-3,7-8,11-12,15,26H,4-6,9-10,13-14,16H2,(H,27,29). The van der Waals surface area contributed by atoms with E-state index < -0.39 is 0 Å². The number of carbonyl (C=O) groups excluding carboxylic acids is 1. The van der Waals surface area contributed by atoms with Gasteiger partial charge in [-0.3, -0.25) is 9.78 Å². The van der Waals surface area contributed by atoms with Crippen molar-refractivity contribution in [3.8, 4) is 0 Å². The third-order valence-corrected chi connectivity index (χ3v) is 5.87. The van der Waals surface area contributed by atoms with Gasteiger partial charge in [0.05, 0.1) is 10.5 Å². The molecule has 0 saturated carbocycles. The molecule has 1 heterocycles. The molecule has 0 bridgehead atoms. The molecule has 0 aliphatic heterocycles. The minimum Gasteiger partial charge on any atom is -0.352 e. The molecule has 4 nitrogen and oxygen atoms in total. The van der Waals surface area contributed by atoms with Crippen molar-refractivity contribution in [3.05, 3.63) is 75.9 Å². The van der Waals surface area contributed by atoms with Gasteiger partial charge in [-0.15, -0.1) is 0 Å². The Balaban J connectivity index is 1.32. The Morgan fingerprint density at radius 1 is 1.03 bits per heavy atom. The molecule has 1 aliphatic carbocycles. The number of aryl methyl sites for hydroxylation is 1. The maximum atomic E-state index is 12.5. The lowest BCUT2D eigenvalue weighted by molar-refractivity contribution is 0.0953. The van der Waals surface area contributed by atoms with Crippen LogP contribution in [0.2, 0.25) is 5.02 Å². The third-order valence-electron chi connectivity index (χ3n) is 5.44. The van der Waals surface area contributed by atoms with Crippen LogP contribution in [0.15, 0.2) is 48.5 Å². The summed E-state index contributed by atoms with van der Waals surface area (Å²) in [5.41, 5.74) is 5.05. The summed E-state index contributed by atoms with van der Waals surface area (Å²) in [6.45, 7) is 2.33. The van der Waals surface area contributed by atoms with Crippen molar-refractivity contribution in [2.75, 3.05) is 13.1 Å². The van der Waals surface area contributed by atoms with Crippen LogP contribution in [0.1, 0.15) is 46.4 Å². The summed E-state index contributed by atoms with van der Waals surface area (Å²) in [7, 11) is 0. The van der Waals surface area contributed by atoms with Crippen molar-refractivity contribution in [1.82, 2.24) is 15.6 Å². The molecule has 2 aromatic carbocycles. The highest BCUT2D eigenvalue weighted by Gasteiger charge is 2.18. The van der Waals surface area contributed by atoms with Gasteiger partial charge in [0.1, 0.15) is 0 Å². The molecule has 0 radical (unpaired) electrons. The number of halogens is 1. The van der Waals surface area contributed by atoms with Crippen LogP contribution < -0.4 is 10.6 Å². The number of nitrogens with one attached hydrogen (secondary N) is 2. The molecule has 150 valence electrons. The molecule has 29 heavy (non-hydrogen) atoms. The van der Waals surface area contributed by atoms with Gasteiger partial charge in [-0.2, -0.15) is 0 Å². The number of hydrogen-bond acceptors (Lipinski definition) is 3. The number of nitrogens with zero attached hydrogens (tertiary/aromatic N) is 1. The van der Waals surface area contributed by atoms with E-state index in [1.54, 1.807) is 0 Å². The Morgan fingerprint density at radius 3 is 2.72 bits per heavy atom. The van der Waals surface area contributed by atoms with E-state index in [2.05, 4.69) is 22.8 Å². The van der Waals surface area contributed by atoms with Crippen LogP contribution >= 0.6 is 11.6 Å². The number of amides is 1. The second kappa shape index (κ2) is 9.38. The van der Waals surface area contributed by atoms with E-state index in [1.165, 1.54) is 12.0 Å². The topological polar surface area (TPSA) is 54.0 Å². The first-order valence-corrected chi connectivity index (χ1v) is 10.7. The number of benzene rings is 2. The van der Waals surface area contributed by atoms with Crippen LogP contribution in [0.25, 0.3) is 10.9 Å². The van der Waals surface area contributed by atoms with E-state index in [9.17, 15) is 4.79 Å². The quantitative estimate of drug-likeness (QED) is 0.559. The van der Waals surface area contributed by atoms with Gasteiger partial charge in [0.25, 0.3) is 5.91 Å². The number of carbonyl (C=O) groups is 1. The fraction of sp³-hybridized carbons (Fsp3) is 0.333. The van der Waals surface area contributed by atoms with E-state index in [1.807, 2.05) is 36.4 Å². The Kier molecular flexibility index (Phi) is 6.43. The Hall–Kier alpha value is -2.43. The highest BCUT2D eigenvalue weighted by Crippen LogP contribution is 2.33. The van der Waals surface area contributed by atoms with Crippen molar-refractivity contribution in [2.24, 2.45) is 0 Å². The van der Waals surface area contributed by atoms with Crippen LogP contribution in [-0.4, -0.2) is 24.0 Å². The zero-order chi connectivity index (χ0) is 20.1. The number of hydrogen-bond donors (Lipinski definition) is 2. The molecule has 3 aromatic rings. The minimum atomic E-state index is -0.0660. The van der Waals surface area contributed by atoms with Crippen molar-refractivity contribution in [2.45, 2.75) is 38.6 Å². The number of fused-ring (bicyclic) bond motifs is 2. The van der Waals surface area contributed by atoms with Gasteiger partial charge in [-0.05, 0) is 68.0 Å². The second-order valence-corrected chi connectivity index (χ2v) is 7.94. The summed E-state index contributed by atoms with van der Waals surface area (Å²) < 4.78 is 0. The Labute approximate surface area is 176 Å². The van der Waals surface area contributed by atoms with E-state index in [-0.39, 0.29) is 5.91 Å². The van der Waals surface area contributed by atoms with E-state index in [0.29, 0.717) is 12.1 Å². The van der Waals surface area contributed by atoms with Crippen molar-refractivity contribution < 1.29 is 4.79 Å². The molecule has 1 amide bonds. The summed E-state index contributed by atoms with van der Waals surface area (Å²) in [4.78, 5) is 17.3. The van der Waals surface area contributed by atoms with Crippen LogP contribution in [0.4, 0.5) is 0 Å². The molecule has 4 rings (SSSR count). The number of rotatable bonds is 7. The lowest BCUT2D eigenvalue weighted by atomic mass is 9.94. The van der Waals surface area contributed by atoms with Gasteiger partial charge in [0.2, 0.25) is 0 Å². The molecule has 1 aliphatic rings. The zero-order valence-corrected chi connectivity index (χ0v) is 17.3. The summed E-state index contributed by atoms with van der Waals surface area (Å²) >= 11 is 6.67. The minimum absolute atomic E-state index is 0.0660. The van der Waals surface area contributed by atoms with Crippen molar-refractivity contribution in [3.63, 3.8) is 0 Å². The van der Waals surface area contributed by atoms with Crippen molar-refractivity contribution >= 4 is 28.4 Å². The average molecular weight is 408 g/mol. The van der Waals surface area contributed by atoms with Gasteiger partial charge in [-0.25, -0.2) is 0 Å². The fourth-order valence-electron chi connectivity index (χ4n) is 3.85. The molecule has 2 N–H and O–H groups in total. The van der Waals surface area contributed by atoms with Gasteiger partial charge < -0.3 is 10.6 Å². The lowest BCUT2D eigenvalue weighted by Gasteiger charge is -2.18. The molecule has 0 spiro atoms. The first kappa shape index (κ1) is 19.9. The molecule has 5 heteroatoms.